The maximum Gasteiger partial charge on any atom is 0.0116 e. The van der Waals surface area contributed by atoms with Crippen LogP contribution in [0.5, 0.6) is 0 Å². The van der Waals surface area contributed by atoms with Crippen LogP contribution in [0.2, 0.25) is 0 Å². The molecule has 5 rings (SSSR count). The molecule has 1 heterocycles. The fourth-order valence-corrected chi connectivity index (χ4v) is 9.10. The Morgan fingerprint density at radius 3 is 1.91 bits per heavy atom. The summed E-state index contributed by atoms with van der Waals surface area (Å²) in [5.41, 5.74) is 7.23. The second kappa shape index (κ2) is 16.3. The summed E-state index contributed by atoms with van der Waals surface area (Å²) in [6.45, 7) is 15.1. The Hall–Kier alpha value is -2.39. The van der Waals surface area contributed by atoms with E-state index in [0.29, 0.717) is 23.1 Å². The third-order valence-electron chi connectivity index (χ3n) is 7.23. The number of rotatable bonds is 9. The van der Waals surface area contributed by atoms with E-state index in [0.717, 1.165) is 24.2 Å². The maximum atomic E-state index is 13.7. The minimum Gasteiger partial charge on any atom is -0.502 e. The van der Waals surface area contributed by atoms with Gasteiger partial charge in [-0.1, -0.05) is 36.4 Å². The number of halogens is 2. The predicted octanol–water partition coefficient (Wildman–Crippen LogP) is 8.99. The topological polar surface area (TPSA) is 32.8 Å². The molecule has 0 aliphatic carbocycles. The number of aryl methyl sites for hydroxylation is 2. The largest absolute Gasteiger partial charge is 0.502 e. The summed E-state index contributed by atoms with van der Waals surface area (Å²) < 4.78 is 21.3. The Balaban J connectivity index is 0.000000208. The Kier molecular flexibility index (Phi) is 12.7. The Morgan fingerprint density at radius 1 is 0.864 bits per heavy atom. The van der Waals surface area contributed by atoms with Gasteiger partial charge in [-0.05, 0) is 37.1 Å². The number of nitrogens with zero attached hydrogens (tertiary/aromatic N) is 2. The molecule has 0 radical (unpaired) electrons. The van der Waals surface area contributed by atoms with Crippen molar-refractivity contribution >= 4 is 53.3 Å². The van der Waals surface area contributed by atoms with Gasteiger partial charge in [-0.15, -0.1) is 0 Å². The third kappa shape index (κ3) is 8.87. The first-order valence-corrected chi connectivity index (χ1v) is 21.8. The smallest absolute Gasteiger partial charge is 0.0116 e. The summed E-state index contributed by atoms with van der Waals surface area (Å²) in [5.74, 6) is 0.386. The van der Waals surface area contributed by atoms with Gasteiger partial charge in [-0.25, -0.2) is 0 Å². The zero-order valence-corrected chi connectivity index (χ0v) is 30.1. The first kappa shape index (κ1) is 34.5. The van der Waals surface area contributed by atoms with Gasteiger partial charge in [0.05, 0.1) is 0 Å². The molecule has 236 valence electrons. The van der Waals surface area contributed by atoms with Gasteiger partial charge >= 0.3 is 164 Å². The predicted molar refractivity (Wildman–Crippen MR) is 188 cm³/mol. The molecule has 0 amide bonds. The van der Waals surface area contributed by atoms with Crippen LogP contribution >= 0.6 is 26.8 Å². The Bertz CT molecular complexity index is 1560. The van der Waals surface area contributed by atoms with E-state index in [2.05, 4.69) is 99.1 Å². The summed E-state index contributed by atoms with van der Waals surface area (Å²) >= 11 is -2.01. The fraction of sp³-hybridized carbons (Fsp3) is 0.250. The van der Waals surface area contributed by atoms with Crippen molar-refractivity contribution < 1.29 is 22.6 Å². The molecule has 0 saturated carbocycles. The molecule has 4 aromatic carbocycles. The van der Waals surface area contributed by atoms with E-state index in [1.807, 2.05) is 60.1 Å². The molecule has 1 saturated heterocycles. The van der Waals surface area contributed by atoms with Crippen LogP contribution in [0.3, 0.4) is 0 Å². The molecule has 1 aliphatic rings. The zero-order valence-electron chi connectivity index (χ0n) is 25.9. The SMILES string of the molecule is CCOP(=O)(c1ccccc1)c1ccc([CH-]C(C)C)c([CH]=[Ru]([Cl])[Cl])c1.Cc1ccccc1N1[CH-]N(c2ccccc2C)CC1. The van der Waals surface area contributed by atoms with Gasteiger partial charge in [0.25, 0.3) is 0 Å². The zero-order chi connectivity index (χ0) is 31.7. The quantitative estimate of drug-likeness (QED) is 0.0977. The van der Waals surface area contributed by atoms with Crippen molar-refractivity contribution in [2.75, 3.05) is 29.5 Å². The normalized spacial score (nSPS) is 14.5. The van der Waals surface area contributed by atoms with Crippen molar-refractivity contribution in [3.63, 3.8) is 0 Å². The number of hydrogen-bond acceptors (Lipinski definition) is 4. The minimum atomic E-state index is -3.15. The molecular weight excluding hydrogens is 695 g/mol. The molecule has 0 spiro atoms. The van der Waals surface area contributed by atoms with E-state index in [1.165, 1.54) is 22.5 Å². The summed E-state index contributed by atoms with van der Waals surface area (Å²) in [6.07, 6.45) is 2.15. The minimum absolute atomic E-state index is 0.369. The van der Waals surface area contributed by atoms with E-state index in [4.69, 9.17) is 23.9 Å². The molecule has 1 aliphatic heterocycles. The maximum absolute atomic E-state index is 13.7. The van der Waals surface area contributed by atoms with Crippen LogP contribution in [0, 0.1) is 32.9 Å². The van der Waals surface area contributed by atoms with E-state index in [-0.39, 0.29) is 0 Å². The van der Waals surface area contributed by atoms with Gasteiger partial charge in [0.1, 0.15) is 0 Å². The molecule has 0 bridgehead atoms. The molecule has 1 fully saturated rings. The van der Waals surface area contributed by atoms with Gasteiger partial charge in [0, 0.05) is 24.5 Å². The van der Waals surface area contributed by atoms with E-state index >= 15 is 0 Å². The van der Waals surface area contributed by atoms with Crippen LogP contribution in [-0.4, -0.2) is 24.3 Å². The van der Waals surface area contributed by atoms with Crippen molar-refractivity contribution in [1.82, 2.24) is 0 Å². The van der Waals surface area contributed by atoms with E-state index in [9.17, 15) is 4.57 Å². The molecule has 0 aromatic heterocycles. The molecular formula is C36H41Cl2N2O2PRu-2. The van der Waals surface area contributed by atoms with Gasteiger partial charge in [-0.2, -0.15) is 6.67 Å². The number of anilines is 2. The molecule has 8 heteroatoms. The van der Waals surface area contributed by atoms with Crippen molar-refractivity contribution in [2.45, 2.75) is 34.6 Å². The summed E-state index contributed by atoms with van der Waals surface area (Å²) in [5, 5.41) is 1.35. The Morgan fingerprint density at radius 2 is 1.41 bits per heavy atom. The Labute approximate surface area is 276 Å². The van der Waals surface area contributed by atoms with E-state index in [1.54, 1.807) is 0 Å². The van der Waals surface area contributed by atoms with Crippen LogP contribution < -0.4 is 20.4 Å². The van der Waals surface area contributed by atoms with Crippen molar-refractivity contribution in [3.05, 3.63) is 132 Å². The van der Waals surface area contributed by atoms with Gasteiger partial charge in [0.15, 0.2) is 0 Å². The van der Waals surface area contributed by atoms with Crippen LogP contribution in [-0.2, 0) is 22.6 Å². The van der Waals surface area contributed by atoms with E-state index < -0.39 is 20.9 Å². The summed E-state index contributed by atoms with van der Waals surface area (Å²) in [4.78, 5) is 4.67. The van der Waals surface area contributed by atoms with Crippen molar-refractivity contribution in [3.8, 4) is 0 Å². The second-order valence-corrected chi connectivity index (χ2v) is 19.0. The van der Waals surface area contributed by atoms with Gasteiger partial charge in [-0.3, -0.25) is 0 Å². The molecule has 44 heavy (non-hydrogen) atoms. The molecule has 1 atom stereocenters. The average Bonchev–Trinajstić information content (AvgIpc) is 3.49. The van der Waals surface area contributed by atoms with Gasteiger partial charge < -0.3 is 9.80 Å². The molecule has 4 aromatic rings. The summed E-state index contributed by atoms with van der Waals surface area (Å²) in [6, 6.07) is 32.2. The van der Waals surface area contributed by atoms with Gasteiger partial charge in [0.2, 0.25) is 0 Å². The third-order valence-corrected chi connectivity index (χ3v) is 11.6. The fourth-order valence-electron chi connectivity index (χ4n) is 5.17. The second-order valence-electron chi connectivity index (χ2n) is 10.9. The number of benzene rings is 4. The van der Waals surface area contributed by atoms with Crippen molar-refractivity contribution in [1.29, 1.82) is 0 Å². The van der Waals surface area contributed by atoms with Crippen molar-refractivity contribution in [2.24, 2.45) is 5.92 Å². The first-order chi connectivity index (χ1) is 21.1. The summed E-state index contributed by atoms with van der Waals surface area (Å²) in [7, 11) is 9.06. The number of para-hydroxylation sites is 2. The van der Waals surface area contributed by atoms with Crippen LogP contribution in [0.4, 0.5) is 11.4 Å². The molecule has 0 N–H and O–H groups in total. The monoisotopic (exact) mass is 736 g/mol. The standard InChI is InChI=1S/C19H22O2P.C17H19N2.2ClH.Ru/c1-5-21-22(20,18-9-7-6-8-10-18)19-12-11-17(13-15(2)3)16(4)14-19;1-14-7-3-5-9-16(14)18-11-12-19(13-18)17-10-6-4-8-15(17)2;;;/h4,6-15H,5H2,1-3H3;3-10,13H,11-12H2,1-2H3;2*1H;/q2*-1;;;+2/p-2. The molecule has 4 nitrogen and oxygen atoms in total. The van der Waals surface area contributed by atoms with Crippen LogP contribution in [0.1, 0.15) is 43.0 Å². The number of hydrogen-bond donors (Lipinski definition) is 0. The molecule has 1 unspecified atom stereocenters. The van der Waals surface area contributed by atoms with Crippen LogP contribution in [0.15, 0.2) is 97.1 Å². The first-order valence-electron chi connectivity index (χ1n) is 14.7. The average molecular weight is 737 g/mol. The van der Waals surface area contributed by atoms with Crippen LogP contribution in [0.25, 0.3) is 0 Å².